The Hall–Kier alpha value is -0.760. The van der Waals surface area contributed by atoms with E-state index < -0.39 is 10.0 Å². The average Bonchev–Trinajstić information content (AvgIpc) is 2.75. The molecule has 2 rings (SSSR count). The van der Waals surface area contributed by atoms with Crippen LogP contribution < -0.4 is 0 Å². The van der Waals surface area contributed by atoms with Gasteiger partial charge in [-0.2, -0.15) is 0 Å². The molecule has 0 aromatic carbocycles. The summed E-state index contributed by atoms with van der Waals surface area (Å²) in [6.07, 6.45) is 3.50. The van der Waals surface area contributed by atoms with Crippen molar-refractivity contribution < 1.29 is 8.42 Å². The monoisotopic (exact) mass is 304 g/mol. The van der Waals surface area contributed by atoms with E-state index in [0.29, 0.717) is 12.5 Å². The van der Waals surface area contributed by atoms with Crippen molar-refractivity contribution in [2.75, 3.05) is 33.7 Å². The normalized spacial score (nSPS) is 21.2. The van der Waals surface area contributed by atoms with Crippen LogP contribution >= 0.6 is 11.6 Å². The summed E-state index contributed by atoms with van der Waals surface area (Å²) in [4.78, 5) is 9.70. The summed E-state index contributed by atoms with van der Waals surface area (Å²) in [5.41, 5.74) is 0. The van der Waals surface area contributed by atoms with Crippen LogP contribution in [0.25, 0.3) is 0 Å². The van der Waals surface area contributed by atoms with Gasteiger partial charge in [-0.05, 0) is 37.5 Å². The Kier molecular flexibility index (Phi) is 4.39. The molecule has 1 aromatic heterocycles. The van der Waals surface area contributed by atoms with E-state index in [2.05, 4.69) is 14.9 Å². The van der Waals surface area contributed by atoms with E-state index in [0.717, 1.165) is 19.5 Å². The van der Waals surface area contributed by atoms with Crippen molar-refractivity contribution in [3.8, 4) is 0 Å². The number of sulfonamides is 1. The molecule has 8 heteroatoms. The lowest BCUT2D eigenvalue weighted by Gasteiger charge is -2.20. The molecular weight excluding hydrogens is 288 g/mol. The fourth-order valence-corrected chi connectivity index (χ4v) is 3.49. The highest BCUT2D eigenvalue weighted by molar-refractivity contribution is 7.89. The van der Waals surface area contributed by atoms with Gasteiger partial charge in [0.25, 0.3) is 0 Å². The minimum atomic E-state index is -3.53. The predicted octanol–water partition coefficient (Wildman–Crippen LogP) is 0.702. The zero-order valence-electron chi connectivity index (χ0n) is 11.0. The van der Waals surface area contributed by atoms with Gasteiger partial charge in [0.05, 0.1) is 12.4 Å². The summed E-state index contributed by atoms with van der Waals surface area (Å²) < 4.78 is 26.0. The molecule has 1 aliphatic rings. The van der Waals surface area contributed by atoms with E-state index in [9.17, 15) is 8.42 Å². The molecule has 0 aliphatic carbocycles. The zero-order valence-corrected chi connectivity index (χ0v) is 12.5. The molecule has 1 saturated heterocycles. The first-order chi connectivity index (χ1) is 8.89. The van der Waals surface area contributed by atoms with Gasteiger partial charge in [0.1, 0.15) is 4.90 Å². The van der Waals surface area contributed by atoms with Crippen molar-refractivity contribution in [2.45, 2.75) is 11.3 Å². The number of rotatable bonds is 4. The van der Waals surface area contributed by atoms with Gasteiger partial charge in [0.15, 0.2) is 0 Å². The zero-order chi connectivity index (χ0) is 14.0. The molecule has 0 N–H and O–H groups in total. The fraction of sp³-hybridized carbons (Fsp3) is 0.636. The Morgan fingerprint density at radius 2 is 2.11 bits per heavy atom. The largest absolute Gasteiger partial charge is 0.306 e. The molecule has 0 spiro atoms. The van der Waals surface area contributed by atoms with Gasteiger partial charge < -0.3 is 4.90 Å². The second-order valence-corrected chi connectivity index (χ2v) is 7.27. The predicted molar refractivity (Wildman–Crippen MR) is 72.5 cm³/mol. The van der Waals surface area contributed by atoms with Crippen LogP contribution in [0.1, 0.15) is 6.42 Å². The van der Waals surface area contributed by atoms with Crippen LogP contribution in [0.2, 0.25) is 5.28 Å². The molecule has 1 aromatic rings. The number of nitrogens with zero attached hydrogens (tertiary/aromatic N) is 4. The smallest absolute Gasteiger partial charge is 0.245 e. The standard InChI is InChI=1S/C11H17ClN4O2S/c1-15-4-3-9(7-15)8-16(2)19(17,18)10-5-13-11(12)14-6-10/h5-6,9H,3-4,7-8H2,1-2H3. The van der Waals surface area contributed by atoms with Crippen molar-refractivity contribution in [2.24, 2.45) is 5.92 Å². The van der Waals surface area contributed by atoms with Crippen LogP contribution in [0.4, 0.5) is 0 Å². The number of hydrogen-bond acceptors (Lipinski definition) is 5. The first-order valence-corrected chi connectivity index (χ1v) is 7.84. The molecule has 0 radical (unpaired) electrons. The van der Waals surface area contributed by atoms with Gasteiger partial charge in [0.2, 0.25) is 15.3 Å². The van der Waals surface area contributed by atoms with Gasteiger partial charge >= 0.3 is 0 Å². The van der Waals surface area contributed by atoms with E-state index >= 15 is 0 Å². The molecule has 106 valence electrons. The molecule has 2 heterocycles. The summed E-state index contributed by atoms with van der Waals surface area (Å²) in [7, 11) is 0.0992. The number of likely N-dealkylation sites (tertiary alicyclic amines) is 1. The number of aromatic nitrogens is 2. The Balaban J connectivity index is 2.08. The highest BCUT2D eigenvalue weighted by atomic mass is 35.5. The SMILES string of the molecule is CN1CCC(CN(C)S(=O)(=O)c2cnc(Cl)nc2)C1. The highest BCUT2D eigenvalue weighted by Gasteiger charge is 2.27. The maximum atomic E-state index is 12.3. The second kappa shape index (κ2) is 5.70. The Bertz CT molecular complexity index is 534. The van der Waals surface area contributed by atoms with Gasteiger partial charge in [-0.3, -0.25) is 0 Å². The molecular formula is C11H17ClN4O2S. The first kappa shape index (κ1) is 14.6. The average molecular weight is 305 g/mol. The molecule has 1 aliphatic heterocycles. The molecule has 1 atom stereocenters. The molecule has 19 heavy (non-hydrogen) atoms. The van der Waals surface area contributed by atoms with Crippen molar-refractivity contribution in [3.05, 3.63) is 17.7 Å². The molecule has 6 nitrogen and oxygen atoms in total. The van der Waals surface area contributed by atoms with E-state index in [4.69, 9.17) is 11.6 Å². The number of halogens is 1. The lowest BCUT2D eigenvalue weighted by molar-refractivity contribution is 0.356. The van der Waals surface area contributed by atoms with Crippen molar-refractivity contribution in [1.29, 1.82) is 0 Å². The molecule has 1 unspecified atom stereocenters. The third-order valence-electron chi connectivity index (χ3n) is 3.31. The first-order valence-electron chi connectivity index (χ1n) is 6.02. The highest BCUT2D eigenvalue weighted by Crippen LogP contribution is 2.19. The van der Waals surface area contributed by atoms with Gasteiger partial charge in [-0.15, -0.1) is 0 Å². The van der Waals surface area contributed by atoms with Gasteiger partial charge in [-0.1, -0.05) is 0 Å². The molecule has 0 saturated carbocycles. The van der Waals surface area contributed by atoms with Crippen molar-refractivity contribution in [3.63, 3.8) is 0 Å². The van der Waals surface area contributed by atoms with Crippen molar-refractivity contribution in [1.82, 2.24) is 19.2 Å². The summed E-state index contributed by atoms with van der Waals surface area (Å²) in [6.45, 7) is 2.45. The summed E-state index contributed by atoms with van der Waals surface area (Å²) in [6, 6.07) is 0. The van der Waals surface area contributed by atoms with Crippen LogP contribution in [0.15, 0.2) is 17.3 Å². The fourth-order valence-electron chi connectivity index (χ4n) is 2.25. The van der Waals surface area contributed by atoms with Crippen LogP contribution in [-0.2, 0) is 10.0 Å². The summed E-state index contributed by atoms with van der Waals surface area (Å²) in [5.74, 6) is 0.373. The Morgan fingerprint density at radius 3 is 2.63 bits per heavy atom. The maximum Gasteiger partial charge on any atom is 0.245 e. The van der Waals surface area contributed by atoms with Gasteiger partial charge in [0, 0.05) is 20.1 Å². The minimum absolute atomic E-state index is 0.0408. The van der Waals surface area contributed by atoms with Crippen molar-refractivity contribution >= 4 is 21.6 Å². The third-order valence-corrected chi connectivity index (χ3v) is 5.28. The Labute approximate surface area is 118 Å². The van der Waals surface area contributed by atoms with E-state index in [1.165, 1.54) is 16.7 Å². The lowest BCUT2D eigenvalue weighted by Crippen LogP contribution is -2.33. The maximum absolute atomic E-state index is 12.3. The van der Waals surface area contributed by atoms with Crippen LogP contribution in [0.3, 0.4) is 0 Å². The second-order valence-electron chi connectivity index (χ2n) is 4.89. The lowest BCUT2D eigenvalue weighted by atomic mass is 10.1. The summed E-state index contributed by atoms with van der Waals surface area (Å²) in [5, 5.41) is 0.0408. The molecule has 0 bridgehead atoms. The van der Waals surface area contributed by atoms with Gasteiger partial charge in [-0.25, -0.2) is 22.7 Å². The quantitative estimate of drug-likeness (QED) is 0.766. The molecule has 0 amide bonds. The van der Waals surface area contributed by atoms with Crippen LogP contribution in [-0.4, -0.2) is 61.3 Å². The topological polar surface area (TPSA) is 66.4 Å². The Morgan fingerprint density at radius 1 is 1.47 bits per heavy atom. The number of hydrogen-bond donors (Lipinski definition) is 0. The van der Waals surface area contributed by atoms with Crippen LogP contribution in [0, 0.1) is 5.92 Å². The van der Waals surface area contributed by atoms with Crippen LogP contribution in [0.5, 0.6) is 0 Å². The minimum Gasteiger partial charge on any atom is -0.306 e. The van der Waals surface area contributed by atoms with E-state index in [-0.39, 0.29) is 10.2 Å². The molecule has 1 fully saturated rings. The third kappa shape index (κ3) is 3.42. The van der Waals surface area contributed by atoms with E-state index in [1.807, 2.05) is 7.05 Å². The summed E-state index contributed by atoms with van der Waals surface area (Å²) >= 11 is 5.56. The van der Waals surface area contributed by atoms with E-state index in [1.54, 1.807) is 7.05 Å².